The van der Waals surface area contributed by atoms with Gasteiger partial charge >= 0.3 is 0 Å². The molecule has 0 heterocycles. The van der Waals surface area contributed by atoms with E-state index in [1.54, 1.807) is 37.3 Å². The number of benzene rings is 3. The lowest BCUT2D eigenvalue weighted by molar-refractivity contribution is -0.139. The third kappa shape index (κ3) is 7.45. The standard InChI is InChI=1S/C29H34BrN3O4S/c1-5-23-14-16-26(17-15-23)33(38(36,37)27-12-7-6-8-13-27)20-28(34)32(22(4)29(35)31-21(2)3)19-24-10-9-11-25(30)18-24/h6-18,21-22H,5,19-20H2,1-4H3,(H,31,35)/t22-/m0/s1. The average Bonchev–Trinajstić information content (AvgIpc) is 2.90. The normalized spacial score (nSPS) is 12.2. The highest BCUT2D eigenvalue weighted by Crippen LogP contribution is 2.25. The topological polar surface area (TPSA) is 86.8 Å². The Labute approximate surface area is 234 Å². The number of nitrogens with one attached hydrogen (secondary N) is 1. The Kier molecular flexibility index (Phi) is 10.1. The van der Waals surface area contributed by atoms with Crippen LogP contribution in [0.15, 0.2) is 88.2 Å². The molecule has 0 saturated heterocycles. The van der Waals surface area contributed by atoms with Crippen molar-refractivity contribution in [3.63, 3.8) is 0 Å². The van der Waals surface area contributed by atoms with Crippen molar-refractivity contribution in [1.82, 2.24) is 10.2 Å². The van der Waals surface area contributed by atoms with Crippen LogP contribution in [-0.2, 0) is 32.6 Å². The molecule has 38 heavy (non-hydrogen) atoms. The van der Waals surface area contributed by atoms with Crippen LogP contribution in [0.1, 0.15) is 38.8 Å². The smallest absolute Gasteiger partial charge is 0.264 e. The minimum absolute atomic E-state index is 0.0801. The van der Waals surface area contributed by atoms with Crippen molar-refractivity contribution in [2.24, 2.45) is 0 Å². The van der Waals surface area contributed by atoms with E-state index >= 15 is 0 Å². The number of aryl methyl sites for hydroxylation is 1. The molecular weight excluding hydrogens is 566 g/mol. The van der Waals surface area contributed by atoms with Gasteiger partial charge in [0.2, 0.25) is 11.8 Å². The molecule has 9 heteroatoms. The maximum Gasteiger partial charge on any atom is 0.264 e. The van der Waals surface area contributed by atoms with E-state index < -0.39 is 28.5 Å². The van der Waals surface area contributed by atoms with Gasteiger partial charge in [0.05, 0.1) is 10.6 Å². The van der Waals surface area contributed by atoms with E-state index in [1.807, 2.05) is 57.2 Å². The van der Waals surface area contributed by atoms with Gasteiger partial charge in [0.1, 0.15) is 12.6 Å². The number of hydrogen-bond acceptors (Lipinski definition) is 4. The van der Waals surface area contributed by atoms with Crippen molar-refractivity contribution >= 4 is 43.5 Å². The molecule has 7 nitrogen and oxygen atoms in total. The minimum Gasteiger partial charge on any atom is -0.352 e. The van der Waals surface area contributed by atoms with Gasteiger partial charge in [0.25, 0.3) is 10.0 Å². The van der Waals surface area contributed by atoms with Crippen LogP contribution in [0.4, 0.5) is 5.69 Å². The summed E-state index contributed by atoms with van der Waals surface area (Å²) < 4.78 is 29.5. The van der Waals surface area contributed by atoms with Crippen molar-refractivity contribution in [3.05, 3.63) is 94.5 Å². The fraction of sp³-hybridized carbons (Fsp3) is 0.310. The number of amides is 2. The van der Waals surface area contributed by atoms with Gasteiger partial charge in [-0.1, -0.05) is 65.3 Å². The van der Waals surface area contributed by atoms with Gasteiger partial charge in [0.15, 0.2) is 0 Å². The average molecular weight is 601 g/mol. The van der Waals surface area contributed by atoms with E-state index in [0.29, 0.717) is 5.69 Å². The molecule has 3 aromatic rings. The molecule has 0 bridgehead atoms. The molecule has 0 aliphatic heterocycles. The number of carbonyl (C=O) groups excluding carboxylic acids is 2. The van der Waals surface area contributed by atoms with Crippen LogP contribution in [0, 0.1) is 0 Å². The molecule has 1 atom stereocenters. The molecule has 3 rings (SSSR count). The Morgan fingerprint density at radius 1 is 0.895 bits per heavy atom. The van der Waals surface area contributed by atoms with E-state index in [-0.39, 0.29) is 23.4 Å². The molecule has 0 radical (unpaired) electrons. The molecular formula is C29H34BrN3O4S. The molecule has 0 saturated carbocycles. The molecule has 0 aromatic heterocycles. The Morgan fingerprint density at radius 2 is 1.55 bits per heavy atom. The summed E-state index contributed by atoms with van der Waals surface area (Å²) in [6, 6.07) is 21.7. The highest BCUT2D eigenvalue weighted by Gasteiger charge is 2.32. The molecule has 2 amide bonds. The summed E-state index contributed by atoms with van der Waals surface area (Å²) in [6.45, 7) is 7.04. The Balaban J connectivity index is 2.02. The molecule has 202 valence electrons. The van der Waals surface area contributed by atoms with E-state index in [2.05, 4.69) is 21.2 Å². The Bertz CT molecular complexity index is 1350. The molecule has 0 aliphatic carbocycles. The van der Waals surface area contributed by atoms with Crippen molar-refractivity contribution in [3.8, 4) is 0 Å². The first-order chi connectivity index (χ1) is 18.0. The number of carbonyl (C=O) groups is 2. The highest BCUT2D eigenvalue weighted by molar-refractivity contribution is 9.10. The number of sulfonamides is 1. The van der Waals surface area contributed by atoms with E-state index in [4.69, 9.17) is 0 Å². The van der Waals surface area contributed by atoms with E-state index in [1.165, 1.54) is 17.0 Å². The summed E-state index contributed by atoms with van der Waals surface area (Å²) in [5.41, 5.74) is 2.23. The second-order valence-electron chi connectivity index (χ2n) is 9.34. The van der Waals surface area contributed by atoms with Crippen LogP contribution >= 0.6 is 15.9 Å². The van der Waals surface area contributed by atoms with Gasteiger partial charge in [-0.25, -0.2) is 8.42 Å². The number of anilines is 1. The highest BCUT2D eigenvalue weighted by atomic mass is 79.9. The number of nitrogens with zero attached hydrogens (tertiary/aromatic N) is 2. The van der Waals surface area contributed by atoms with Crippen molar-refractivity contribution in [2.45, 2.75) is 57.6 Å². The fourth-order valence-electron chi connectivity index (χ4n) is 3.97. The zero-order valence-corrected chi connectivity index (χ0v) is 24.5. The third-order valence-electron chi connectivity index (χ3n) is 6.08. The zero-order valence-electron chi connectivity index (χ0n) is 22.1. The van der Waals surface area contributed by atoms with Gasteiger partial charge in [-0.05, 0) is 74.7 Å². The Morgan fingerprint density at radius 3 is 2.13 bits per heavy atom. The fourth-order valence-corrected chi connectivity index (χ4v) is 5.85. The predicted octanol–water partition coefficient (Wildman–Crippen LogP) is 5.15. The van der Waals surface area contributed by atoms with Crippen LogP contribution in [0.2, 0.25) is 0 Å². The van der Waals surface area contributed by atoms with Crippen LogP contribution < -0.4 is 9.62 Å². The lowest BCUT2D eigenvalue weighted by Crippen LogP contribution is -2.52. The van der Waals surface area contributed by atoms with Gasteiger partial charge < -0.3 is 10.2 Å². The predicted molar refractivity (Wildman–Crippen MR) is 154 cm³/mol. The lowest BCUT2D eigenvalue weighted by Gasteiger charge is -2.32. The summed E-state index contributed by atoms with van der Waals surface area (Å²) >= 11 is 3.45. The molecule has 0 fully saturated rings. The monoisotopic (exact) mass is 599 g/mol. The quantitative estimate of drug-likeness (QED) is 0.330. The maximum absolute atomic E-state index is 13.9. The summed E-state index contributed by atoms with van der Waals surface area (Å²) in [5, 5.41) is 2.85. The molecule has 0 spiro atoms. The Hall–Kier alpha value is -3.17. The van der Waals surface area contributed by atoms with Gasteiger partial charge in [-0.15, -0.1) is 0 Å². The first-order valence-electron chi connectivity index (χ1n) is 12.5. The SMILES string of the molecule is CCc1ccc(N(CC(=O)N(Cc2cccc(Br)c2)[C@@H](C)C(=O)NC(C)C)S(=O)(=O)c2ccccc2)cc1. The summed E-state index contributed by atoms with van der Waals surface area (Å²) in [5.74, 6) is -0.802. The number of hydrogen-bond donors (Lipinski definition) is 1. The zero-order chi connectivity index (χ0) is 27.9. The van der Waals surface area contributed by atoms with Crippen molar-refractivity contribution < 1.29 is 18.0 Å². The van der Waals surface area contributed by atoms with Gasteiger partial charge in [-0.3, -0.25) is 13.9 Å². The second kappa shape index (κ2) is 13.1. The van der Waals surface area contributed by atoms with Crippen molar-refractivity contribution in [2.75, 3.05) is 10.8 Å². The first-order valence-corrected chi connectivity index (χ1v) is 14.8. The van der Waals surface area contributed by atoms with Gasteiger partial charge in [0, 0.05) is 17.1 Å². The maximum atomic E-state index is 13.9. The van der Waals surface area contributed by atoms with Crippen molar-refractivity contribution in [1.29, 1.82) is 0 Å². The van der Waals surface area contributed by atoms with Crippen LogP contribution in [0.25, 0.3) is 0 Å². The molecule has 0 aliphatic rings. The van der Waals surface area contributed by atoms with Crippen LogP contribution in [0.3, 0.4) is 0 Å². The summed E-state index contributed by atoms with van der Waals surface area (Å²) in [7, 11) is -4.07. The summed E-state index contributed by atoms with van der Waals surface area (Å²) in [4.78, 5) is 28.3. The third-order valence-corrected chi connectivity index (χ3v) is 8.36. The summed E-state index contributed by atoms with van der Waals surface area (Å²) in [6.07, 6.45) is 0.799. The van der Waals surface area contributed by atoms with Crippen LogP contribution in [-0.4, -0.2) is 43.8 Å². The number of halogens is 1. The molecule has 1 N–H and O–H groups in total. The first kappa shape index (κ1) is 29.4. The van der Waals surface area contributed by atoms with Crippen LogP contribution in [0.5, 0.6) is 0 Å². The number of rotatable bonds is 11. The largest absolute Gasteiger partial charge is 0.352 e. The molecule has 3 aromatic carbocycles. The van der Waals surface area contributed by atoms with E-state index in [9.17, 15) is 18.0 Å². The minimum atomic E-state index is -4.07. The van der Waals surface area contributed by atoms with E-state index in [0.717, 1.165) is 26.3 Å². The lowest BCUT2D eigenvalue weighted by atomic mass is 10.1. The second-order valence-corrected chi connectivity index (χ2v) is 12.1. The molecule has 0 unspecified atom stereocenters. The van der Waals surface area contributed by atoms with Gasteiger partial charge in [-0.2, -0.15) is 0 Å².